The van der Waals surface area contributed by atoms with Crippen LogP contribution in [0.3, 0.4) is 0 Å². The van der Waals surface area contributed by atoms with Crippen molar-refractivity contribution in [1.82, 2.24) is 4.72 Å². The molecule has 0 aliphatic heterocycles. The van der Waals surface area contributed by atoms with Crippen LogP contribution in [-0.4, -0.2) is 27.5 Å². The van der Waals surface area contributed by atoms with Gasteiger partial charge in [0.05, 0.1) is 19.6 Å². The number of carbonyl (C=O) groups is 1. The zero-order chi connectivity index (χ0) is 20.0. The molecule has 2 unspecified atom stereocenters. The number of rotatable bonds is 8. The maximum absolute atomic E-state index is 12.4. The normalized spacial score (nSPS) is 13.7. The molecule has 0 saturated carbocycles. The zero-order valence-corrected chi connectivity index (χ0v) is 16.7. The second kappa shape index (κ2) is 9.12. The van der Waals surface area contributed by atoms with E-state index in [0.29, 0.717) is 22.8 Å². The number of hydrogen-bond donors (Lipinski definition) is 2. The Morgan fingerprint density at radius 2 is 1.85 bits per heavy atom. The highest BCUT2D eigenvalue weighted by atomic mass is 32.2. The van der Waals surface area contributed by atoms with Gasteiger partial charge in [-0.25, -0.2) is 0 Å². The zero-order valence-electron chi connectivity index (χ0n) is 15.9. The van der Waals surface area contributed by atoms with Gasteiger partial charge in [-0.3, -0.25) is 4.79 Å². The van der Waals surface area contributed by atoms with Crippen molar-refractivity contribution in [2.75, 3.05) is 7.11 Å². The topological polar surface area (TPSA) is 90.9 Å². The predicted molar refractivity (Wildman–Crippen MR) is 106 cm³/mol. The SMILES string of the molecule is COc1ccccc1Oc1cccc(C(CC(=O)O)N[S+]([O-])C(C)(C)C)c1. The fraction of sp³-hybridized carbons (Fsp3) is 0.350. The molecule has 0 amide bonds. The molecule has 0 bridgehead atoms. The van der Waals surface area contributed by atoms with E-state index in [1.165, 1.54) is 0 Å². The van der Waals surface area contributed by atoms with Crippen LogP contribution in [0.15, 0.2) is 48.5 Å². The van der Waals surface area contributed by atoms with Gasteiger partial charge in [-0.05, 0) is 50.6 Å². The van der Waals surface area contributed by atoms with Gasteiger partial charge in [0, 0.05) is 11.4 Å². The Balaban J connectivity index is 2.26. The average Bonchev–Trinajstić information content (AvgIpc) is 2.60. The monoisotopic (exact) mass is 391 g/mol. The molecular formula is C20H25NO5S. The van der Waals surface area contributed by atoms with E-state index in [-0.39, 0.29) is 6.42 Å². The molecule has 0 radical (unpaired) electrons. The molecule has 7 heteroatoms. The van der Waals surface area contributed by atoms with Gasteiger partial charge in [-0.2, -0.15) is 0 Å². The van der Waals surface area contributed by atoms with E-state index >= 15 is 0 Å². The number of hydrogen-bond acceptors (Lipinski definition) is 5. The molecule has 0 spiro atoms. The number of ether oxygens (including phenoxy) is 2. The summed E-state index contributed by atoms with van der Waals surface area (Å²) in [6.07, 6.45) is -0.195. The number of methoxy groups -OCH3 is 1. The Morgan fingerprint density at radius 3 is 2.44 bits per heavy atom. The van der Waals surface area contributed by atoms with Crippen molar-refractivity contribution in [1.29, 1.82) is 0 Å². The van der Waals surface area contributed by atoms with Gasteiger partial charge in [0.15, 0.2) is 11.5 Å². The molecule has 2 atom stereocenters. The Hall–Kier alpha value is -2.22. The third-order valence-electron chi connectivity index (χ3n) is 3.74. The van der Waals surface area contributed by atoms with Crippen LogP contribution >= 0.6 is 0 Å². The summed E-state index contributed by atoms with van der Waals surface area (Å²) >= 11 is -1.41. The number of carboxylic acid groups (broad SMARTS) is 1. The van der Waals surface area contributed by atoms with Crippen molar-refractivity contribution in [2.45, 2.75) is 38.0 Å². The highest BCUT2D eigenvalue weighted by Crippen LogP contribution is 2.32. The minimum Gasteiger partial charge on any atom is -0.598 e. The third-order valence-corrected chi connectivity index (χ3v) is 5.35. The Labute approximate surface area is 162 Å². The summed E-state index contributed by atoms with van der Waals surface area (Å²) in [5.41, 5.74) is 0.683. The van der Waals surface area contributed by atoms with E-state index in [4.69, 9.17) is 9.47 Å². The third kappa shape index (κ3) is 6.16. The first-order valence-electron chi connectivity index (χ1n) is 8.51. The highest BCUT2D eigenvalue weighted by Gasteiger charge is 2.31. The van der Waals surface area contributed by atoms with Gasteiger partial charge in [0.1, 0.15) is 10.5 Å². The second-order valence-corrected chi connectivity index (χ2v) is 8.97. The van der Waals surface area contributed by atoms with Crippen molar-refractivity contribution in [2.24, 2.45) is 0 Å². The summed E-state index contributed by atoms with van der Waals surface area (Å²) in [5.74, 6) is 0.709. The molecule has 0 fully saturated rings. The number of nitrogens with one attached hydrogen (secondary N) is 1. The highest BCUT2D eigenvalue weighted by molar-refractivity contribution is 7.90. The fourth-order valence-electron chi connectivity index (χ4n) is 2.33. The lowest BCUT2D eigenvalue weighted by molar-refractivity contribution is -0.137. The number of para-hydroxylation sites is 2. The van der Waals surface area contributed by atoms with E-state index < -0.39 is 28.1 Å². The molecular weight excluding hydrogens is 366 g/mol. The molecule has 2 N–H and O–H groups in total. The van der Waals surface area contributed by atoms with Gasteiger partial charge in [0.2, 0.25) is 0 Å². The summed E-state index contributed by atoms with van der Waals surface area (Å²) in [6, 6.07) is 13.7. The van der Waals surface area contributed by atoms with E-state index in [2.05, 4.69) is 4.72 Å². The molecule has 0 saturated heterocycles. The summed E-state index contributed by atoms with van der Waals surface area (Å²) in [7, 11) is 1.56. The van der Waals surface area contributed by atoms with Crippen molar-refractivity contribution in [3.05, 3.63) is 54.1 Å². The van der Waals surface area contributed by atoms with Crippen LogP contribution in [0.25, 0.3) is 0 Å². The first-order valence-corrected chi connectivity index (χ1v) is 9.66. The molecule has 0 aliphatic rings. The Morgan fingerprint density at radius 1 is 1.19 bits per heavy atom. The van der Waals surface area contributed by atoms with Gasteiger partial charge >= 0.3 is 5.97 Å². The van der Waals surface area contributed by atoms with Crippen LogP contribution in [0, 0.1) is 0 Å². The van der Waals surface area contributed by atoms with Crippen LogP contribution in [-0.2, 0) is 16.2 Å². The van der Waals surface area contributed by atoms with Crippen molar-refractivity contribution >= 4 is 17.3 Å². The van der Waals surface area contributed by atoms with E-state index in [0.717, 1.165) is 0 Å². The molecule has 2 rings (SSSR count). The summed E-state index contributed by atoms with van der Waals surface area (Å²) in [5, 5.41) is 9.25. The Kier molecular flexibility index (Phi) is 7.12. The van der Waals surface area contributed by atoms with Crippen molar-refractivity contribution in [3.8, 4) is 17.2 Å². The minimum atomic E-state index is -1.41. The predicted octanol–water partition coefficient (Wildman–Crippen LogP) is 4.06. The summed E-state index contributed by atoms with van der Waals surface area (Å²) < 4.78 is 26.0. The lowest BCUT2D eigenvalue weighted by atomic mass is 10.0. The summed E-state index contributed by atoms with van der Waals surface area (Å²) in [4.78, 5) is 11.3. The maximum atomic E-state index is 12.4. The summed E-state index contributed by atoms with van der Waals surface area (Å²) in [6.45, 7) is 5.49. The smallest absolute Gasteiger partial charge is 0.305 e. The first kappa shape index (κ1) is 21.1. The quantitative estimate of drug-likeness (QED) is 0.660. The van der Waals surface area contributed by atoms with E-state index in [1.54, 1.807) is 43.5 Å². The Bertz CT molecular complexity index is 775. The van der Waals surface area contributed by atoms with E-state index in [1.807, 2.05) is 32.9 Å². The van der Waals surface area contributed by atoms with Gasteiger partial charge in [-0.15, -0.1) is 4.72 Å². The van der Waals surface area contributed by atoms with Crippen LogP contribution in [0.5, 0.6) is 17.2 Å². The number of aliphatic carboxylic acids is 1. The number of carboxylic acids is 1. The van der Waals surface area contributed by atoms with Crippen LogP contribution < -0.4 is 14.2 Å². The lowest BCUT2D eigenvalue weighted by Gasteiger charge is -2.27. The molecule has 0 heterocycles. The van der Waals surface area contributed by atoms with Crippen LogP contribution in [0.4, 0.5) is 0 Å². The maximum Gasteiger partial charge on any atom is 0.305 e. The molecule has 2 aromatic rings. The van der Waals surface area contributed by atoms with Gasteiger partial charge < -0.3 is 19.1 Å². The lowest BCUT2D eigenvalue weighted by Crippen LogP contribution is -2.41. The van der Waals surface area contributed by atoms with Gasteiger partial charge in [0.25, 0.3) is 0 Å². The molecule has 6 nitrogen and oxygen atoms in total. The largest absolute Gasteiger partial charge is 0.598 e. The van der Waals surface area contributed by atoms with E-state index in [9.17, 15) is 14.5 Å². The fourth-order valence-corrected chi connectivity index (χ4v) is 3.16. The van der Waals surface area contributed by atoms with Gasteiger partial charge in [-0.1, -0.05) is 24.3 Å². The molecule has 146 valence electrons. The van der Waals surface area contributed by atoms with Crippen LogP contribution in [0.2, 0.25) is 0 Å². The second-order valence-electron chi connectivity index (χ2n) is 6.97. The van der Waals surface area contributed by atoms with Crippen LogP contribution in [0.1, 0.15) is 38.8 Å². The molecule has 0 aliphatic carbocycles. The number of benzene rings is 2. The molecule has 0 aromatic heterocycles. The first-order chi connectivity index (χ1) is 12.7. The van der Waals surface area contributed by atoms with Crippen molar-refractivity contribution < 1.29 is 23.9 Å². The standard InChI is InChI=1S/C20H25NO5S/c1-20(2,3)27(24)21-16(13-19(22)23)14-8-7-9-15(12-14)26-18-11-6-5-10-17(18)25-4/h5-12,16,21H,13H2,1-4H3,(H,22,23). The molecule has 2 aromatic carbocycles. The minimum absolute atomic E-state index is 0.195. The molecule has 27 heavy (non-hydrogen) atoms. The van der Waals surface area contributed by atoms with Crippen molar-refractivity contribution in [3.63, 3.8) is 0 Å². The average molecular weight is 391 g/mol.